The van der Waals surface area contributed by atoms with E-state index in [1.165, 1.54) is 12.1 Å². The average molecular weight is 299 g/mol. The molecule has 1 N–H and O–H groups in total. The number of aryl methyl sites for hydroxylation is 1. The molecule has 112 valence electrons. The number of nitrogens with one attached hydrogen (secondary N) is 1. The molecule has 1 aliphatic rings. The highest BCUT2D eigenvalue weighted by Gasteiger charge is 2.33. The van der Waals surface area contributed by atoms with Crippen LogP contribution in [0, 0.1) is 5.82 Å². The van der Waals surface area contributed by atoms with Crippen molar-refractivity contribution in [2.75, 3.05) is 0 Å². The molecule has 0 atom stereocenters. The zero-order valence-corrected chi connectivity index (χ0v) is 11.9. The minimum Gasteiger partial charge on any atom is -0.351 e. The van der Waals surface area contributed by atoms with Crippen LogP contribution in [-0.4, -0.2) is 21.4 Å². The lowest BCUT2D eigenvalue weighted by Crippen LogP contribution is -2.30. The minimum atomic E-state index is -0.477. The summed E-state index contributed by atoms with van der Waals surface area (Å²) < 4.78 is 14.7. The molecule has 0 radical (unpaired) electrons. The molecule has 1 aromatic carbocycles. The average Bonchev–Trinajstić information content (AvgIpc) is 3.00. The largest absolute Gasteiger partial charge is 0.351 e. The molecule has 2 aromatic rings. The molecule has 1 aliphatic heterocycles. The number of hydrogen-bond acceptors (Lipinski definition) is 2. The molecule has 0 bridgehead atoms. The van der Waals surface area contributed by atoms with E-state index in [1.54, 1.807) is 18.2 Å². The SMILES string of the molecule is Cn1cccc1/C=C1/NC(=O)N(Cc2ccc(F)cc2)C1=O. The van der Waals surface area contributed by atoms with Crippen molar-refractivity contribution in [1.82, 2.24) is 14.8 Å². The van der Waals surface area contributed by atoms with E-state index < -0.39 is 11.9 Å². The Kier molecular flexibility index (Phi) is 3.50. The number of nitrogens with zero attached hydrogens (tertiary/aromatic N) is 2. The van der Waals surface area contributed by atoms with E-state index in [9.17, 15) is 14.0 Å². The van der Waals surface area contributed by atoms with Crippen LogP contribution >= 0.6 is 0 Å². The standard InChI is InChI=1S/C16H14FN3O2/c1-19-8-2-3-13(19)9-14-15(21)20(16(22)18-14)10-11-4-6-12(17)7-5-11/h2-9H,10H2,1H3,(H,18,22)/b14-9+. The zero-order chi connectivity index (χ0) is 15.7. The lowest BCUT2D eigenvalue weighted by Gasteiger charge is -2.11. The van der Waals surface area contributed by atoms with Gasteiger partial charge in [0.25, 0.3) is 5.91 Å². The summed E-state index contributed by atoms with van der Waals surface area (Å²) in [4.78, 5) is 25.4. The third kappa shape index (κ3) is 2.63. The van der Waals surface area contributed by atoms with Gasteiger partial charge in [-0.05, 0) is 35.9 Å². The quantitative estimate of drug-likeness (QED) is 0.698. The van der Waals surface area contributed by atoms with Gasteiger partial charge in [0.2, 0.25) is 0 Å². The third-order valence-corrected chi connectivity index (χ3v) is 3.49. The first kappa shape index (κ1) is 14.1. The minimum absolute atomic E-state index is 0.107. The Labute approximate surface area is 126 Å². The molecular weight excluding hydrogens is 285 g/mol. The van der Waals surface area contributed by atoms with Crippen molar-refractivity contribution >= 4 is 18.0 Å². The number of rotatable bonds is 3. The van der Waals surface area contributed by atoms with Gasteiger partial charge in [-0.1, -0.05) is 12.1 Å². The number of urea groups is 1. The predicted molar refractivity (Wildman–Crippen MR) is 78.9 cm³/mol. The fourth-order valence-corrected chi connectivity index (χ4v) is 2.26. The van der Waals surface area contributed by atoms with Crippen LogP contribution < -0.4 is 5.32 Å². The Morgan fingerprint density at radius 2 is 1.91 bits per heavy atom. The van der Waals surface area contributed by atoms with Gasteiger partial charge in [-0.25, -0.2) is 9.18 Å². The highest BCUT2D eigenvalue weighted by atomic mass is 19.1. The maximum absolute atomic E-state index is 12.9. The first-order chi connectivity index (χ1) is 10.5. The van der Waals surface area contributed by atoms with Gasteiger partial charge < -0.3 is 9.88 Å². The molecule has 0 aliphatic carbocycles. The first-order valence-corrected chi connectivity index (χ1v) is 6.75. The number of imide groups is 1. The van der Waals surface area contributed by atoms with Crippen molar-refractivity contribution in [3.8, 4) is 0 Å². The number of aromatic nitrogens is 1. The van der Waals surface area contributed by atoms with Crippen molar-refractivity contribution in [3.05, 3.63) is 65.4 Å². The monoisotopic (exact) mass is 299 g/mol. The van der Waals surface area contributed by atoms with Gasteiger partial charge >= 0.3 is 6.03 Å². The number of hydrogen-bond donors (Lipinski definition) is 1. The number of carbonyl (C=O) groups is 2. The molecule has 0 unspecified atom stereocenters. The number of amides is 3. The highest BCUT2D eigenvalue weighted by Crippen LogP contribution is 2.17. The van der Waals surface area contributed by atoms with Crippen LogP contribution in [0.5, 0.6) is 0 Å². The van der Waals surface area contributed by atoms with Gasteiger partial charge in [-0.2, -0.15) is 0 Å². The van der Waals surface area contributed by atoms with E-state index >= 15 is 0 Å². The van der Waals surface area contributed by atoms with Gasteiger partial charge in [-0.15, -0.1) is 0 Å². The summed E-state index contributed by atoms with van der Waals surface area (Å²) in [6.07, 6.45) is 3.48. The fraction of sp³-hybridized carbons (Fsp3) is 0.125. The van der Waals surface area contributed by atoms with E-state index in [-0.39, 0.29) is 18.1 Å². The smallest absolute Gasteiger partial charge is 0.329 e. The topological polar surface area (TPSA) is 54.3 Å². The van der Waals surface area contributed by atoms with Crippen LogP contribution in [0.3, 0.4) is 0 Å². The Balaban J connectivity index is 1.81. The van der Waals surface area contributed by atoms with E-state index in [2.05, 4.69) is 5.32 Å². The van der Waals surface area contributed by atoms with E-state index in [0.29, 0.717) is 5.56 Å². The lowest BCUT2D eigenvalue weighted by atomic mass is 10.2. The molecule has 22 heavy (non-hydrogen) atoms. The van der Waals surface area contributed by atoms with E-state index in [1.807, 2.05) is 29.9 Å². The molecule has 1 saturated heterocycles. The molecule has 1 fully saturated rings. The Bertz CT molecular complexity index is 762. The molecule has 1 aromatic heterocycles. The van der Waals surface area contributed by atoms with Crippen molar-refractivity contribution in [2.24, 2.45) is 7.05 Å². The summed E-state index contributed by atoms with van der Waals surface area (Å²) in [5.74, 6) is -0.749. The van der Waals surface area contributed by atoms with Crippen molar-refractivity contribution in [2.45, 2.75) is 6.54 Å². The van der Waals surface area contributed by atoms with Crippen LogP contribution in [0.2, 0.25) is 0 Å². The van der Waals surface area contributed by atoms with Gasteiger partial charge in [-0.3, -0.25) is 9.69 Å². The van der Waals surface area contributed by atoms with Gasteiger partial charge in [0.1, 0.15) is 11.5 Å². The Morgan fingerprint density at radius 1 is 1.18 bits per heavy atom. The molecular formula is C16H14FN3O2. The second-order valence-corrected chi connectivity index (χ2v) is 5.05. The number of halogens is 1. The van der Waals surface area contributed by atoms with Crippen LogP contribution in [0.25, 0.3) is 6.08 Å². The van der Waals surface area contributed by atoms with E-state index in [4.69, 9.17) is 0 Å². The molecule has 0 saturated carbocycles. The normalized spacial score (nSPS) is 16.5. The lowest BCUT2D eigenvalue weighted by molar-refractivity contribution is -0.123. The van der Waals surface area contributed by atoms with Crippen LogP contribution in [0.4, 0.5) is 9.18 Å². The number of carbonyl (C=O) groups excluding carboxylic acids is 2. The maximum atomic E-state index is 12.9. The molecule has 3 rings (SSSR count). The number of benzene rings is 1. The van der Waals surface area contributed by atoms with Crippen LogP contribution in [-0.2, 0) is 18.4 Å². The summed E-state index contributed by atoms with van der Waals surface area (Å²) in [7, 11) is 1.85. The Hall–Kier alpha value is -2.89. The molecule has 6 heteroatoms. The second-order valence-electron chi connectivity index (χ2n) is 5.05. The van der Waals surface area contributed by atoms with Gasteiger partial charge in [0, 0.05) is 18.9 Å². The van der Waals surface area contributed by atoms with Gasteiger partial charge in [0.15, 0.2) is 0 Å². The summed E-state index contributed by atoms with van der Waals surface area (Å²) >= 11 is 0. The summed E-state index contributed by atoms with van der Waals surface area (Å²) in [6.45, 7) is 0.107. The van der Waals surface area contributed by atoms with Crippen LogP contribution in [0.1, 0.15) is 11.3 Å². The van der Waals surface area contributed by atoms with E-state index in [0.717, 1.165) is 10.6 Å². The highest BCUT2D eigenvalue weighted by molar-refractivity contribution is 6.13. The summed E-state index contributed by atoms with van der Waals surface area (Å²) in [6, 6.07) is 8.92. The van der Waals surface area contributed by atoms with Crippen molar-refractivity contribution in [1.29, 1.82) is 0 Å². The van der Waals surface area contributed by atoms with Gasteiger partial charge in [0.05, 0.1) is 6.54 Å². The summed E-state index contributed by atoms with van der Waals surface area (Å²) in [5, 5.41) is 2.56. The Morgan fingerprint density at radius 3 is 2.55 bits per heavy atom. The second kappa shape index (κ2) is 5.48. The van der Waals surface area contributed by atoms with Crippen molar-refractivity contribution in [3.63, 3.8) is 0 Å². The molecule has 2 heterocycles. The van der Waals surface area contributed by atoms with Crippen molar-refractivity contribution < 1.29 is 14.0 Å². The molecule has 5 nitrogen and oxygen atoms in total. The maximum Gasteiger partial charge on any atom is 0.329 e. The molecule has 0 spiro atoms. The third-order valence-electron chi connectivity index (χ3n) is 3.49. The first-order valence-electron chi connectivity index (χ1n) is 6.75. The summed E-state index contributed by atoms with van der Waals surface area (Å²) in [5.41, 5.74) is 1.73. The fourth-order valence-electron chi connectivity index (χ4n) is 2.26. The van der Waals surface area contributed by atoms with Crippen LogP contribution in [0.15, 0.2) is 48.3 Å². The zero-order valence-electron chi connectivity index (χ0n) is 11.9. The molecule has 3 amide bonds. The predicted octanol–water partition coefficient (Wildman–Crippen LogP) is 2.26.